The Morgan fingerprint density at radius 2 is 2.00 bits per heavy atom. The van der Waals surface area contributed by atoms with Crippen molar-refractivity contribution in [3.63, 3.8) is 0 Å². The molecule has 2 rings (SSSR count). The first kappa shape index (κ1) is 15.8. The zero-order valence-electron chi connectivity index (χ0n) is 11.0. The van der Waals surface area contributed by atoms with Gasteiger partial charge in [-0.15, -0.1) is 0 Å². The highest BCUT2D eigenvalue weighted by molar-refractivity contribution is 9.10. The molecule has 0 fully saturated rings. The maximum absolute atomic E-state index is 11.1. The quantitative estimate of drug-likeness (QED) is 0.617. The molecule has 2 N–H and O–H groups in total. The van der Waals surface area contributed by atoms with Crippen LogP contribution in [-0.2, 0) is 0 Å². The van der Waals surface area contributed by atoms with Gasteiger partial charge in [-0.25, -0.2) is 0 Å². The van der Waals surface area contributed by atoms with E-state index < -0.39 is 4.92 Å². The first-order valence-electron chi connectivity index (χ1n) is 6.05. The normalized spacial score (nSPS) is 12.0. The minimum atomic E-state index is -0.537. The SMILES string of the molecule is CC(N)c1ccc(Br)cc1Oc1ccc(Cl)cc1[N+](=O)[O-]. The minimum Gasteiger partial charge on any atom is -0.450 e. The van der Waals surface area contributed by atoms with E-state index >= 15 is 0 Å². The topological polar surface area (TPSA) is 78.4 Å². The lowest BCUT2D eigenvalue weighted by Crippen LogP contribution is -2.07. The molecule has 0 aliphatic heterocycles. The molecule has 0 saturated carbocycles. The Labute approximate surface area is 134 Å². The minimum absolute atomic E-state index is 0.115. The summed E-state index contributed by atoms with van der Waals surface area (Å²) in [4.78, 5) is 10.5. The fourth-order valence-corrected chi connectivity index (χ4v) is 2.32. The second-order valence-electron chi connectivity index (χ2n) is 4.44. The molecule has 110 valence electrons. The Kier molecular flexibility index (Phi) is 4.82. The van der Waals surface area contributed by atoms with E-state index in [0.29, 0.717) is 5.75 Å². The van der Waals surface area contributed by atoms with Gasteiger partial charge in [0.15, 0.2) is 0 Å². The van der Waals surface area contributed by atoms with Crippen molar-refractivity contribution in [1.29, 1.82) is 0 Å². The van der Waals surface area contributed by atoms with Crippen LogP contribution >= 0.6 is 27.5 Å². The Balaban J connectivity index is 2.47. The number of hydrogen-bond acceptors (Lipinski definition) is 4. The second kappa shape index (κ2) is 6.43. The second-order valence-corrected chi connectivity index (χ2v) is 5.79. The van der Waals surface area contributed by atoms with Crippen LogP contribution < -0.4 is 10.5 Å². The van der Waals surface area contributed by atoms with Gasteiger partial charge >= 0.3 is 5.69 Å². The van der Waals surface area contributed by atoms with Gasteiger partial charge in [0.2, 0.25) is 5.75 Å². The summed E-state index contributed by atoms with van der Waals surface area (Å²) in [6, 6.07) is 9.35. The van der Waals surface area contributed by atoms with Crippen LogP contribution in [0, 0.1) is 10.1 Å². The summed E-state index contributed by atoms with van der Waals surface area (Å²) in [5.41, 5.74) is 6.45. The molecule has 0 heterocycles. The van der Waals surface area contributed by atoms with Crippen molar-refractivity contribution in [3.8, 4) is 11.5 Å². The predicted octanol–water partition coefficient (Wildman–Crippen LogP) is 4.82. The molecule has 0 spiro atoms. The van der Waals surface area contributed by atoms with Crippen LogP contribution in [0.3, 0.4) is 0 Å². The van der Waals surface area contributed by atoms with Crippen molar-refractivity contribution in [2.24, 2.45) is 5.73 Å². The average molecular weight is 372 g/mol. The van der Waals surface area contributed by atoms with Gasteiger partial charge in [0.25, 0.3) is 0 Å². The van der Waals surface area contributed by atoms with E-state index in [-0.39, 0.29) is 22.5 Å². The maximum atomic E-state index is 11.1. The van der Waals surface area contributed by atoms with Gasteiger partial charge in [-0.1, -0.05) is 33.6 Å². The molecule has 0 aliphatic rings. The van der Waals surface area contributed by atoms with Crippen LogP contribution in [0.5, 0.6) is 11.5 Å². The lowest BCUT2D eigenvalue weighted by atomic mass is 10.1. The lowest BCUT2D eigenvalue weighted by Gasteiger charge is -2.14. The Bertz CT molecular complexity index is 692. The summed E-state index contributed by atoms with van der Waals surface area (Å²) in [7, 11) is 0. The average Bonchev–Trinajstić information content (AvgIpc) is 2.40. The van der Waals surface area contributed by atoms with Gasteiger partial charge in [0, 0.05) is 27.2 Å². The first-order chi connectivity index (χ1) is 9.88. The highest BCUT2D eigenvalue weighted by Crippen LogP contribution is 2.37. The van der Waals surface area contributed by atoms with Gasteiger partial charge in [-0.05, 0) is 31.2 Å². The van der Waals surface area contributed by atoms with Crippen LogP contribution in [-0.4, -0.2) is 4.92 Å². The van der Waals surface area contributed by atoms with Crippen molar-refractivity contribution >= 4 is 33.2 Å². The third kappa shape index (κ3) is 3.72. The van der Waals surface area contributed by atoms with E-state index in [9.17, 15) is 10.1 Å². The molecule has 5 nitrogen and oxygen atoms in total. The Morgan fingerprint density at radius 1 is 1.29 bits per heavy atom. The highest BCUT2D eigenvalue weighted by Gasteiger charge is 2.18. The number of nitro benzene ring substituents is 1. The van der Waals surface area contributed by atoms with E-state index in [0.717, 1.165) is 10.0 Å². The number of rotatable bonds is 4. The number of nitrogens with two attached hydrogens (primary N) is 1. The summed E-state index contributed by atoms with van der Waals surface area (Å²) in [6.07, 6.45) is 0. The van der Waals surface area contributed by atoms with Crippen LogP contribution in [0.2, 0.25) is 5.02 Å². The van der Waals surface area contributed by atoms with Gasteiger partial charge in [-0.2, -0.15) is 0 Å². The number of halogens is 2. The van der Waals surface area contributed by atoms with Crippen LogP contribution in [0.4, 0.5) is 5.69 Å². The van der Waals surface area contributed by atoms with Crippen LogP contribution in [0.15, 0.2) is 40.9 Å². The molecular formula is C14H12BrClN2O3. The van der Waals surface area contributed by atoms with E-state index in [2.05, 4.69) is 15.9 Å². The van der Waals surface area contributed by atoms with E-state index in [4.69, 9.17) is 22.1 Å². The molecule has 2 aromatic carbocycles. The number of nitro groups is 1. The lowest BCUT2D eigenvalue weighted by molar-refractivity contribution is -0.385. The smallest absolute Gasteiger partial charge is 0.313 e. The number of nitrogens with zero attached hydrogens (tertiary/aromatic N) is 1. The van der Waals surface area contributed by atoms with Crippen molar-refractivity contribution in [1.82, 2.24) is 0 Å². The predicted molar refractivity (Wildman–Crippen MR) is 84.9 cm³/mol. The van der Waals surface area contributed by atoms with Crippen molar-refractivity contribution in [2.45, 2.75) is 13.0 Å². The van der Waals surface area contributed by atoms with E-state index in [1.807, 2.05) is 19.1 Å². The molecule has 1 atom stereocenters. The van der Waals surface area contributed by atoms with Crippen molar-refractivity contribution in [3.05, 3.63) is 61.6 Å². The first-order valence-corrected chi connectivity index (χ1v) is 7.22. The van der Waals surface area contributed by atoms with E-state index in [1.54, 1.807) is 6.07 Å². The Morgan fingerprint density at radius 3 is 2.62 bits per heavy atom. The van der Waals surface area contributed by atoms with Crippen molar-refractivity contribution in [2.75, 3.05) is 0 Å². The third-order valence-corrected chi connectivity index (χ3v) is 3.53. The van der Waals surface area contributed by atoms with Crippen molar-refractivity contribution < 1.29 is 9.66 Å². The summed E-state index contributed by atoms with van der Waals surface area (Å²) >= 11 is 9.13. The molecule has 2 aromatic rings. The zero-order valence-corrected chi connectivity index (χ0v) is 13.4. The standard InChI is InChI=1S/C14H12BrClN2O3/c1-8(17)11-4-2-9(15)6-14(11)21-13-5-3-10(16)7-12(13)18(19)20/h2-8H,17H2,1H3. The maximum Gasteiger partial charge on any atom is 0.313 e. The van der Waals surface area contributed by atoms with Gasteiger partial charge < -0.3 is 10.5 Å². The van der Waals surface area contributed by atoms with Gasteiger partial charge in [0.05, 0.1) is 4.92 Å². The fourth-order valence-electron chi connectivity index (χ4n) is 1.81. The molecule has 0 aromatic heterocycles. The molecule has 0 saturated heterocycles. The number of benzene rings is 2. The third-order valence-electron chi connectivity index (χ3n) is 2.80. The molecule has 0 bridgehead atoms. The molecule has 0 aliphatic carbocycles. The van der Waals surface area contributed by atoms with Gasteiger partial charge in [-0.3, -0.25) is 10.1 Å². The molecule has 0 radical (unpaired) electrons. The monoisotopic (exact) mass is 370 g/mol. The van der Waals surface area contributed by atoms with Crippen LogP contribution in [0.1, 0.15) is 18.5 Å². The Hall–Kier alpha value is -1.63. The molecular weight excluding hydrogens is 360 g/mol. The van der Waals surface area contributed by atoms with Crippen LogP contribution in [0.25, 0.3) is 0 Å². The molecule has 1 unspecified atom stereocenters. The zero-order chi connectivity index (χ0) is 15.6. The molecule has 0 amide bonds. The number of hydrogen-bond donors (Lipinski definition) is 1. The largest absolute Gasteiger partial charge is 0.450 e. The highest BCUT2D eigenvalue weighted by atomic mass is 79.9. The molecule has 21 heavy (non-hydrogen) atoms. The summed E-state index contributed by atoms with van der Waals surface area (Å²) in [5, 5.41) is 11.4. The van der Waals surface area contributed by atoms with Gasteiger partial charge in [0.1, 0.15) is 5.75 Å². The fraction of sp³-hybridized carbons (Fsp3) is 0.143. The van der Waals surface area contributed by atoms with E-state index in [1.165, 1.54) is 18.2 Å². The summed E-state index contributed by atoms with van der Waals surface area (Å²) in [6.45, 7) is 1.81. The summed E-state index contributed by atoms with van der Waals surface area (Å²) in [5.74, 6) is 0.578. The number of ether oxygens (including phenoxy) is 1. The molecule has 7 heteroatoms. The summed E-state index contributed by atoms with van der Waals surface area (Å²) < 4.78 is 6.48.